The molecule has 0 aliphatic rings. The zero-order valence-electron chi connectivity index (χ0n) is 13.2. The van der Waals surface area contributed by atoms with Crippen molar-refractivity contribution < 1.29 is 4.79 Å². The van der Waals surface area contributed by atoms with Crippen LogP contribution in [0.25, 0.3) is 0 Å². The average Bonchev–Trinajstić information content (AvgIpc) is 2.77. The topological polar surface area (TPSA) is 48.1 Å². The van der Waals surface area contributed by atoms with Crippen LogP contribution in [-0.2, 0) is 6.42 Å². The van der Waals surface area contributed by atoms with Crippen LogP contribution in [0.4, 0.5) is 5.69 Å². The molecule has 0 radical (unpaired) electrons. The van der Waals surface area contributed by atoms with E-state index in [1.165, 1.54) is 11.3 Å². The number of nitrogens with one attached hydrogen (secondary N) is 2. The fourth-order valence-electron chi connectivity index (χ4n) is 2.38. The van der Waals surface area contributed by atoms with Crippen molar-refractivity contribution in [1.82, 2.24) is 10.3 Å². The highest BCUT2D eigenvalue weighted by atomic mass is 16.1. The lowest BCUT2D eigenvalue weighted by Crippen LogP contribution is -2.26. The number of aromatic amines is 1. The van der Waals surface area contributed by atoms with Crippen molar-refractivity contribution in [3.05, 3.63) is 52.8 Å². The van der Waals surface area contributed by atoms with Gasteiger partial charge in [-0.3, -0.25) is 4.79 Å². The number of amides is 1. The van der Waals surface area contributed by atoms with Crippen molar-refractivity contribution in [3.63, 3.8) is 0 Å². The predicted octanol–water partition coefficient (Wildman–Crippen LogP) is 2.67. The number of carbonyl (C=O) groups is 1. The van der Waals surface area contributed by atoms with Crippen LogP contribution in [0.1, 0.15) is 27.3 Å². The van der Waals surface area contributed by atoms with E-state index in [4.69, 9.17) is 0 Å². The lowest BCUT2D eigenvalue weighted by atomic mass is 10.1. The Hall–Kier alpha value is -2.23. The van der Waals surface area contributed by atoms with Crippen molar-refractivity contribution in [1.29, 1.82) is 0 Å². The summed E-state index contributed by atoms with van der Waals surface area (Å²) in [6, 6.07) is 9.77. The van der Waals surface area contributed by atoms with Crippen LogP contribution in [0.5, 0.6) is 0 Å². The van der Waals surface area contributed by atoms with Crippen molar-refractivity contribution in [2.45, 2.75) is 20.3 Å². The first-order valence-corrected chi connectivity index (χ1v) is 7.18. The predicted molar refractivity (Wildman–Crippen MR) is 87.1 cm³/mol. The molecule has 2 rings (SSSR count). The fourth-order valence-corrected chi connectivity index (χ4v) is 2.38. The summed E-state index contributed by atoms with van der Waals surface area (Å²) in [7, 11) is 3.93. The van der Waals surface area contributed by atoms with Crippen LogP contribution in [-0.4, -0.2) is 31.5 Å². The van der Waals surface area contributed by atoms with Gasteiger partial charge in [0.25, 0.3) is 5.91 Å². The second-order valence-corrected chi connectivity index (χ2v) is 5.55. The van der Waals surface area contributed by atoms with Gasteiger partial charge in [-0.25, -0.2) is 0 Å². The van der Waals surface area contributed by atoms with Crippen LogP contribution in [0, 0.1) is 13.8 Å². The summed E-state index contributed by atoms with van der Waals surface area (Å²) in [6.07, 6.45) is 0.843. The lowest BCUT2D eigenvalue weighted by Gasteiger charge is -2.13. The Kier molecular flexibility index (Phi) is 4.68. The number of aromatic nitrogens is 1. The summed E-state index contributed by atoms with van der Waals surface area (Å²) in [5.74, 6) is -0.0244. The first-order valence-electron chi connectivity index (χ1n) is 7.18. The Balaban J connectivity index is 1.93. The summed E-state index contributed by atoms with van der Waals surface area (Å²) in [6.45, 7) is 4.75. The molecule has 0 aliphatic carbocycles. The molecule has 0 spiro atoms. The third-order valence-corrected chi connectivity index (χ3v) is 3.56. The first kappa shape index (κ1) is 15.2. The highest BCUT2D eigenvalue weighted by Crippen LogP contribution is 2.13. The highest BCUT2D eigenvalue weighted by molar-refractivity contribution is 5.95. The number of hydrogen-bond donors (Lipinski definition) is 2. The molecule has 2 aromatic rings. The van der Waals surface area contributed by atoms with Gasteiger partial charge in [0.1, 0.15) is 0 Å². The van der Waals surface area contributed by atoms with E-state index < -0.39 is 0 Å². The van der Waals surface area contributed by atoms with Crippen LogP contribution in [0.15, 0.2) is 30.3 Å². The normalized spacial score (nSPS) is 10.5. The van der Waals surface area contributed by atoms with Crippen LogP contribution < -0.4 is 10.2 Å². The van der Waals surface area contributed by atoms with Crippen molar-refractivity contribution >= 4 is 11.6 Å². The van der Waals surface area contributed by atoms with Crippen molar-refractivity contribution in [3.8, 4) is 0 Å². The molecule has 4 nitrogen and oxygen atoms in total. The molecule has 0 unspecified atom stereocenters. The van der Waals surface area contributed by atoms with Gasteiger partial charge in [-0.15, -0.1) is 0 Å². The SMILES string of the molecule is Cc1cc(CCNC(=O)c2cccc(N(C)C)c2)c(C)[nH]1. The van der Waals surface area contributed by atoms with E-state index in [1.54, 1.807) is 0 Å². The standard InChI is InChI=1S/C17H23N3O/c1-12-10-14(13(2)19-12)8-9-18-17(21)15-6-5-7-16(11-15)20(3)4/h5-7,10-11,19H,8-9H2,1-4H3,(H,18,21). The summed E-state index contributed by atoms with van der Waals surface area (Å²) in [5.41, 5.74) is 5.32. The van der Waals surface area contributed by atoms with Gasteiger partial charge in [0, 0.05) is 43.3 Å². The van der Waals surface area contributed by atoms with E-state index in [0.717, 1.165) is 17.8 Å². The van der Waals surface area contributed by atoms with Gasteiger partial charge in [0.05, 0.1) is 0 Å². The molecular formula is C17H23N3O. The third kappa shape index (κ3) is 3.88. The van der Waals surface area contributed by atoms with Gasteiger partial charge in [-0.05, 0) is 50.1 Å². The van der Waals surface area contributed by atoms with Crippen molar-refractivity contribution in [2.24, 2.45) is 0 Å². The van der Waals surface area contributed by atoms with Crippen LogP contribution in [0.3, 0.4) is 0 Å². The summed E-state index contributed by atoms with van der Waals surface area (Å²) >= 11 is 0. The fraction of sp³-hybridized carbons (Fsp3) is 0.353. The molecule has 0 bridgehead atoms. The molecule has 1 amide bonds. The molecule has 112 valence electrons. The number of hydrogen-bond acceptors (Lipinski definition) is 2. The van der Waals surface area contributed by atoms with Crippen LogP contribution >= 0.6 is 0 Å². The maximum atomic E-state index is 12.2. The summed E-state index contributed by atoms with van der Waals surface area (Å²) in [5, 5.41) is 2.98. The summed E-state index contributed by atoms with van der Waals surface area (Å²) in [4.78, 5) is 17.4. The Bertz CT molecular complexity index is 629. The molecule has 0 aliphatic heterocycles. The number of benzene rings is 1. The van der Waals surface area contributed by atoms with Gasteiger partial charge in [0.15, 0.2) is 0 Å². The minimum absolute atomic E-state index is 0.0244. The summed E-state index contributed by atoms with van der Waals surface area (Å²) < 4.78 is 0. The molecule has 4 heteroatoms. The minimum atomic E-state index is -0.0244. The molecule has 1 aromatic heterocycles. The van der Waals surface area contributed by atoms with Gasteiger partial charge in [0.2, 0.25) is 0 Å². The molecule has 0 saturated carbocycles. The van der Waals surface area contributed by atoms with E-state index in [0.29, 0.717) is 12.1 Å². The van der Waals surface area contributed by atoms with Gasteiger partial charge in [-0.1, -0.05) is 6.07 Å². The Morgan fingerprint density at radius 2 is 2.00 bits per heavy atom. The molecule has 21 heavy (non-hydrogen) atoms. The second-order valence-electron chi connectivity index (χ2n) is 5.55. The highest BCUT2D eigenvalue weighted by Gasteiger charge is 2.07. The van der Waals surface area contributed by atoms with E-state index in [2.05, 4.69) is 23.3 Å². The molecule has 0 saturated heterocycles. The number of nitrogens with zero attached hydrogens (tertiary/aromatic N) is 1. The van der Waals surface area contributed by atoms with Gasteiger partial charge < -0.3 is 15.2 Å². The van der Waals surface area contributed by atoms with E-state index >= 15 is 0 Å². The maximum absolute atomic E-state index is 12.2. The van der Waals surface area contributed by atoms with Gasteiger partial charge in [-0.2, -0.15) is 0 Å². The Labute approximate surface area is 126 Å². The van der Waals surface area contributed by atoms with Crippen LogP contribution in [0.2, 0.25) is 0 Å². The van der Waals surface area contributed by atoms with E-state index in [9.17, 15) is 4.79 Å². The number of carbonyl (C=O) groups excluding carboxylic acids is 1. The quantitative estimate of drug-likeness (QED) is 0.887. The molecule has 1 aromatic carbocycles. The van der Waals surface area contributed by atoms with Gasteiger partial charge >= 0.3 is 0 Å². The monoisotopic (exact) mass is 285 g/mol. The number of H-pyrrole nitrogens is 1. The largest absolute Gasteiger partial charge is 0.378 e. The minimum Gasteiger partial charge on any atom is -0.378 e. The maximum Gasteiger partial charge on any atom is 0.251 e. The first-order chi connectivity index (χ1) is 9.97. The van der Waals surface area contributed by atoms with E-state index in [1.807, 2.05) is 50.2 Å². The average molecular weight is 285 g/mol. The Morgan fingerprint density at radius 1 is 1.24 bits per heavy atom. The molecular weight excluding hydrogens is 262 g/mol. The smallest absolute Gasteiger partial charge is 0.251 e. The lowest BCUT2D eigenvalue weighted by molar-refractivity contribution is 0.0954. The number of aryl methyl sites for hydroxylation is 2. The van der Waals surface area contributed by atoms with E-state index in [-0.39, 0.29) is 5.91 Å². The molecule has 2 N–H and O–H groups in total. The Morgan fingerprint density at radius 3 is 2.62 bits per heavy atom. The number of anilines is 1. The molecule has 1 heterocycles. The molecule has 0 fully saturated rings. The zero-order valence-corrected chi connectivity index (χ0v) is 13.2. The number of rotatable bonds is 5. The zero-order chi connectivity index (χ0) is 15.4. The second kappa shape index (κ2) is 6.48. The third-order valence-electron chi connectivity index (χ3n) is 3.56. The molecule has 0 atom stereocenters. The van der Waals surface area contributed by atoms with Crippen molar-refractivity contribution in [2.75, 3.05) is 25.5 Å².